The number of hydrogen-bond donors (Lipinski definition) is 1. The van der Waals surface area contributed by atoms with Gasteiger partial charge in [-0.15, -0.1) is 0 Å². The molecule has 2 aliphatic carbocycles. The number of esters is 1. The van der Waals surface area contributed by atoms with Gasteiger partial charge in [-0.25, -0.2) is 4.79 Å². The summed E-state index contributed by atoms with van der Waals surface area (Å²) in [5.41, 5.74) is 4.48. The smallest absolute Gasteiger partial charge is 0.337 e. The molecule has 3 aliphatic rings. The number of ketones is 1. The van der Waals surface area contributed by atoms with Crippen molar-refractivity contribution < 1.29 is 28.5 Å². The Morgan fingerprint density at radius 2 is 1.54 bits per heavy atom. The van der Waals surface area contributed by atoms with Gasteiger partial charge in [0.2, 0.25) is 5.75 Å². The molecule has 1 fully saturated rings. The van der Waals surface area contributed by atoms with Gasteiger partial charge in [-0.1, -0.05) is 36.8 Å². The van der Waals surface area contributed by atoms with Gasteiger partial charge >= 0.3 is 5.97 Å². The molecule has 0 spiro atoms. The predicted octanol–water partition coefficient (Wildman–Crippen LogP) is 5.95. The molecule has 0 aromatic heterocycles. The van der Waals surface area contributed by atoms with Gasteiger partial charge in [-0.3, -0.25) is 4.79 Å². The molecule has 206 valence electrons. The topological polar surface area (TPSA) is 83.1 Å². The molecule has 39 heavy (non-hydrogen) atoms. The number of carbonyl (C=O) groups is 2. The van der Waals surface area contributed by atoms with E-state index in [1.807, 2.05) is 37.3 Å². The van der Waals surface area contributed by atoms with Crippen LogP contribution < -0.4 is 19.5 Å². The van der Waals surface area contributed by atoms with E-state index in [1.165, 1.54) is 6.42 Å². The molecule has 1 aliphatic heterocycles. The van der Waals surface area contributed by atoms with Crippen molar-refractivity contribution >= 4 is 11.8 Å². The van der Waals surface area contributed by atoms with Crippen LogP contribution in [0.1, 0.15) is 74.8 Å². The first-order valence-corrected chi connectivity index (χ1v) is 13.7. The van der Waals surface area contributed by atoms with Crippen LogP contribution in [0.15, 0.2) is 65.0 Å². The lowest BCUT2D eigenvalue weighted by atomic mass is 9.71. The molecule has 1 heterocycles. The fraction of sp³-hybridized carbons (Fsp3) is 0.438. The van der Waals surface area contributed by atoms with Gasteiger partial charge in [0.25, 0.3) is 0 Å². The summed E-state index contributed by atoms with van der Waals surface area (Å²) in [7, 11) is 4.67. The van der Waals surface area contributed by atoms with Gasteiger partial charge in [0.1, 0.15) is 6.10 Å². The molecule has 0 bridgehead atoms. The minimum Gasteiger partial charge on any atom is -0.493 e. The molecule has 0 amide bonds. The lowest BCUT2D eigenvalue weighted by molar-refractivity contribution is -0.146. The summed E-state index contributed by atoms with van der Waals surface area (Å²) in [4.78, 5) is 27.8. The molecule has 0 radical (unpaired) electrons. The summed E-state index contributed by atoms with van der Waals surface area (Å²) in [5.74, 6) is 0.482. The van der Waals surface area contributed by atoms with Crippen LogP contribution in [0.4, 0.5) is 0 Å². The number of benzene rings is 2. The van der Waals surface area contributed by atoms with Gasteiger partial charge in [0.15, 0.2) is 17.3 Å². The van der Waals surface area contributed by atoms with Gasteiger partial charge < -0.3 is 24.3 Å². The van der Waals surface area contributed by atoms with Crippen LogP contribution in [-0.4, -0.2) is 39.2 Å². The van der Waals surface area contributed by atoms with E-state index in [2.05, 4.69) is 17.4 Å². The fourth-order valence-corrected chi connectivity index (χ4v) is 6.27. The number of hydrogen-bond acceptors (Lipinski definition) is 7. The second-order valence-corrected chi connectivity index (χ2v) is 10.6. The van der Waals surface area contributed by atoms with Crippen molar-refractivity contribution in [2.24, 2.45) is 0 Å². The Hall–Kier alpha value is -3.74. The largest absolute Gasteiger partial charge is 0.493 e. The summed E-state index contributed by atoms with van der Waals surface area (Å²) < 4.78 is 22.9. The Morgan fingerprint density at radius 3 is 2.15 bits per heavy atom. The molecule has 5 rings (SSSR count). The van der Waals surface area contributed by atoms with Crippen LogP contribution in [0.25, 0.3) is 0 Å². The first-order chi connectivity index (χ1) is 18.9. The highest BCUT2D eigenvalue weighted by atomic mass is 16.5. The van der Waals surface area contributed by atoms with Crippen molar-refractivity contribution in [1.82, 2.24) is 5.32 Å². The molecule has 0 saturated heterocycles. The molecular formula is C32H37NO6. The van der Waals surface area contributed by atoms with E-state index in [0.717, 1.165) is 42.5 Å². The number of rotatable bonds is 7. The molecular weight excluding hydrogens is 494 g/mol. The Kier molecular flexibility index (Phi) is 7.96. The highest BCUT2D eigenvalue weighted by Gasteiger charge is 2.42. The van der Waals surface area contributed by atoms with Crippen LogP contribution in [0.5, 0.6) is 17.2 Å². The Balaban J connectivity index is 1.61. The third-order valence-corrected chi connectivity index (χ3v) is 8.16. The summed E-state index contributed by atoms with van der Waals surface area (Å²) in [6.07, 6.45) is 5.95. The van der Waals surface area contributed by atoms with Gasteiger partial charge in [0, 0.05) is 29.3 Å². The second kappa shape index (κ2) is 11.6. The third-order valence-electron chi connectivity index (χ3n) is 8.16. The van der Waals surface area contributed by atoms with Crippen LogP contribution >= 0.6 is 0 Å². The predicted molar refractivity (Wildman–Crippen MR) is 148 cm³/mol. The minimum absolute atomic E-state index is 0.0202. The van der Waals surface area contributed by atoms with Gasteiger partial charge in [0.05, 0.1) is 26.9 Å². The highest BCUT2D eigenvalue weighted by molar-refractivity contribution is 6.04. The molecule has 2 aromatic carbocycles. The average molecular weight is 532 g/mol. The Bertz CT molecular complexity index is 1280. The Morgan fingerprint density at radius 1 is 0.872 bits per heavy atom. The second-order valence-electron chi connectivity index (χ2n) is 10.6. The zero-order valence-electron chi connectivity index (χ0n) is 23.2. The molecule has 2 atom stereocenters. The maximum Gasteiger partial charge on any atom is 0.337 e. The molecule has 2 aromatic rings. The fourth-order valence-electron chi connectivity index (χ4n) is 6.27. The number of allylic oxidation sites excluding steroid dienone is 3. The standard InChI is InChI=1S/C32H37NO6/c1-19-28(32(35)39-23-13-9-6-10-14-23)29(22-17-26(36-2)31(38-4)27(18-22)37-3)30-24(33-19)15-21(16-25(30)34)20-11-7-5-8-12-20/h5,7-8,11-12,17-18,21,23,29,33H,6,9-10,13-16H2,1-4H3/t21-,29-/m0/s1. The maximum absolute atomic E-state index is 13.9. The monoisotopic (exact) mass is 531 g/mol. The van der Waals surface area contributed by atoms with Crippen molar-refractivity contribution in [3.8, 4) is 17.2 Å². The SMILES string of the molecule is COc1cc([C@H]2C(C(=O)OC3CCCCC3)=C(C)NC3=C2C(=O)C[C@@H](c2ccccc2)C3)cc(OC)c1OC. The van der Waals surface area contributed by atoms with E-state index in [0.29, 0.717) is 46.9 Å². The number of dihydropyridines is 1. The van der Waals surface area contributed by atoms with Crippen molar-refractivity contribution in [1.29, 1.82) is 0 Å². The van der Waals surface area contributed by atoms with Crippen molar-refractivity contribution in [3.63, 3.8) is 0 Å². The van der Waals surface area contributed by atoms with Crippen LogP contribution in [0, 0.1) is 0 Å². The lowest BCUT2D eigenvalue weighted by Gasteiger charge is -2.37. The number of carbonyl (C=O) groups excluding carboxylic acids is 2. The van der Waals surface area contributed by atoms with E-state index in [1.54, 1.807) is 21.3 Å². The van der Waals surface area contributed by atoms with Crippen LogP contribution in [0.2, 0.25) is 0 Å². The van der Waals surface area contributed by atoms with Gasteiger partial charge in [-0.05, 0) is 68.2 Å². The summed E-state index contributed by atoms with van der Waals surface area (Å²) >= 11 is 0. The quantitative estimate of drug-likeness (QED) is 0.442. The summed E-state index contributed by atoms with van der Waals surface area (Å²) in [6, 6.07) is 13.8. The van der Waals surface area contributed by atoms with E-state index >= 15 is 0 Å². The van der Waals surface area contributed by atoms with Crippen LogP contribution in [-0.2, 0) is 14.3 Å². The van der Waals surface area contributed by atoms with E-state index in [-0.39, 0.29) is 23.8 Å². The number of nitrogens with one attached hydrogen (secondary N) is 1. The zero-order valence-corrected chi connectivity index (χ0v) is 23.2. The highest BCUT2D eigenvalue weighted by Crippen LogP contribution is 2.49. The molecule has 7 heteroatoms. The molecule has 1 saturated carbocycles. The Labute approximate surface area is 230 Å². The van der Waals surface area contributed by atoms with Crippen molar-refractivity contribution in [2.75, 3.05) is 21.3 Å². The molecule has 0 unspecified atom stereocenters. The summed E-state index contributed by atoms with van der Waals surface area (Å²) in [5, 5.41) is 3.45. The molecule has 1 N–H and O–H groups in total. The van der Waals surface area contributed by atoms with E-state index in [9.17, 15) is 9.59 Å². The maximum atomic E-state index is 13.9. The summed E-state index contributed by atoms with van der Waals surface area (Å²) in [6.45, 7) is 1.89. The third kappa shape index (κ3) is 5.27. The number of ether oxygens (including phenoxy) is 4. The normalized spacial score (nSPS) is 21.7. The number of methoxy groups -OCH3 is 3. The first-order valence-electron chi connectivity index (χ1n) is 13.7. The van der Waals surface area contributed by atoms with Crippen molar-refractivity contribution in [3.05, 3.63) is 76.1 Å². The zero-order chi connectivity index (χ0) is 27.5. The lowest BCUT2D eigenvalue weighted by Crippen LogP contribution is -2.37. The van der Waals surface area contributed by atoms with Gasteiger partial charge in [-0.2, -0.15) is 0 Å². The van der Waals surface area contributed by atoms with E-state index < -0.39 is 5.92 Å². The molecule has 7 nitrogen and oxygen atoms in total. The van der Waals surface area contributed by atoms with Crippen molar-refractivity contribution in [2.45, 2.75) is 69.8 Å². The van der Waals surface area contributed by atoms with Crippen LogP contribution in [0.3, 0.4) is 0 Å². The van der Waals surface area contributed by atoms with E-state index in [4.69, 9.17) is 18.9 Å². The average Bonchev–Trinajstić information content (AvgIpc) is 2.96. The first kappa shape index (κ1) is 26.9. The minimum atomic E-state index is -0.615. The number of Topliss-reactive ketones (excluding diaryl/α,β-unsaturated/α-hetero) is 1.